The van der Waals surface area contributed by atoms with E-state index in [-0.39, 0.29) is 17.5 Å². The van der Waals surface area contributed by atoms with Crippen molar-refractivity contribution in [3.8, 4) is 11.5 Å². The Hall–Kier alpha value is -1.71. The summed E-state index contributed by atoms with van der Waals surface area (Å²) in [5.74, 6) is -1.14. The van der Waals surface area contributed by atoms with Gasteiger partial charge < -0.3 is 14.9 Å². The van der Waals surface area contributed by atoms with Crippen molar-refractivity contribution in [1.82, 2.24) is 0 Å². The first-order chi connectivity index (χ1) is 14.1. The largest absolute Gasteiger partial charge is 0.504 e. The van der Waals surface area contributed by atoms with E-state index in [1.807, 2.05) is 0 Å². The minimum atomic E-state index is -0.451. The van der Waals surface area contributed by atoms with Gasteiger partial charge in [-0.15, -0.1) is 0 Å². The smallest absolute Gasteiger partial charge is 0.313 e. The second-order valence-corrected chi connectivity index (χ2v) is 8.23. The monoisotopic (exact) mass is 406 g/mol. The third kappa shape index (κ3) is 11.8. The summed E-state index contributed by atoms with van der Waals surface area (Å²) in [6.45, 7) is 4.46. The van der Waals surface area contributed by atoms with Gasteiger partial charge in [0.05, 0.1) is 12.5 Å². The van der Waals surface area contributed by atoms with Gasteiger partial charge in [0.15, 0.2) is 11.5 Å². The summed E-state index contributed by atoms with van der Waals surface area (Å²) in [5.41, 5.74) is 0.645. The number of aromatic hydroxyl groups is 2. The standard InChI is InChI=1S/C25H42O4/c1-3-4-5-6-7-8-9-10-11-12-13-14-15-16-19-29-25(28)21(2)22-17-18-23(26)24(27)20-22/h17-18,20-21,26-27H,3-16,19H2,1-2H3. The van der Waals surface area contributed by atoms with Crippen molar-refractivity contribution in [2.75, 3.05) is 6.61 Å². The maximum absolute atomic E-state index is 12.1. The summed E-state index contributed by atoms with van der Waals surface area (Å²) < 4.78 is 5.35. The number of unbranched alkanes of at least 4 members (excludes halogenated alkanes) is 13. The average Bonchev–Trinajstić information content (AvgIpc) is 2.72. The van der Waals surface area contributed by atoms with Crippen LogP contribution in [0.15, 0.2) is 18.2 Å². The Kier molecular flexibility index (Phi) is 14.1. The molecule has 1 atom stereocenters. The van der Waals surface area contributed by atoms with Crippen LogP contribution in [-0.4, -0.2) is 22.8 Å². The lowest BCUT2D eigenvalue weighted by molar-refractivity contribution is -0.145. The Labute approximate surface area is 177 Å². The molecule has 0 fully saturated rings. The Balaban J connectivity index is 1.94. The highest BCUT2D eigenvalue weighted by atomic mass is 16.5. The van der Waals surface area contributed by atoms with Crippen LogP contribution in [0, 0.1) is 0 Å². The Morgan fingerprint density at radius 1 is 0.793 bits per heavy atom. The van der Waals surface area contributed by atoms with Crippen molar-refractivity contribution in [3.63, 3.8) is 0 Å². The fourth-order valence-electron chi connectivity index (χ4n) is 3.54. The second-order valence-electron chi connectivity index (χ2n) is 8.23. The van der Waals surface area contributed by atoms with Crippen molar-refractivity contribution in [3.05, 3.63) is 23.8 Å². The van der Waals surface area contributed by atoms with Gasteiger partial charge in [-0.25, -0.2) is 0 Å². The van der Waals surface area contributed by atoms with Crippen LogP contribution in [0.2, 0.25) is 0 Å². The Morgan fingerprint density at radius 2 is 1.28 bits per heavy atom. The van der Waals surface area contributed by atoms with Gasteiger partial charge in [0, 0.05) is 0 Å². The van der Waals surface area contributed by atoms with Crippen molar-refractivity contribution < 1.29 is 19.7 Å². The highest BCUT2D eigenvalue weighted by Gasteiger charge is 2.17. The summed E-state index contributed by atoms with van der Waals surface area (Å²) in [6.07, 6.45) is 18.2. The summed E-state index contributed by atoms with van der Waals surface area (Å²) in [6, 6.07) is 4.43. The molecule has 1 aromatic carbocycles. The fraction of sp³-hybridized carbons (Fsp3) is 0.720. The quantitative estimate of drug-likeness (QED) is 0.163. The third-order valence-electron chi connectivity index (χ3n) is 5.60. The molecule has 0 bridgehead atoms. The van der Waals surface area contributed by atoms with Crippen LogP contribution in [0.3, 0.4) is 0 Å². The predicted molar refractivity (Wildman–Crippen MR) is 119 cm³/mol. The van der Waals surface area contributed by atoms with Crippen LogP contribution >= 0.6 is 0 Å². The van der Waals surface area contributed by atoms with E-state index < -0.39 is 5.92 Å². The molecule has 4 nitrogen and oxygen atoms in total. The number of benzene rings is 1. The van der Waals surface area contributed by atoms with Crippen molar-refractivity contribution >= 4 is 5.97 Å². The lowest BCUT2D eigenvalue weighted by Crippen LogP contribution is -2.14. The van der Waals surface area contributed by atoms with E-state index in [1.165, 1.54) is 89.2 Å². The molecule has 29 heavy (non-hydrogen) atoms. The first-order valence-corrected chi connectivity index (χ1v) is 11.7. The van der Waals surface area contributed by atoms with Crippen molar-refractivity contribution in [2.45, 2.75) is 110 Å². The molecule has 0 heterocycles. The summed E-state index contributed by atoms with van der Waals surface area (Å²) in [4.78, 5) is 12.1. The molecule has 0 aliphatic rings. The fourth-order valence-corrected chi connectivity index (χ4v) is 3.54. The highest BCUT2D eigenvalue weighted by molar-refractivity contribution is 5.78. The normalized spacial score (nSPS) is 12.1. The molecule has 0 aromatic heterocycles. The summed E-state index contributed by atoms with van der Waals surface area (Å²) in [7, 11) is 0. The zero-order valence-corrected chi connectivity index (χ0v) is 18.6. The van der Waals surface area contributed by atoms with Gasteiger partial charge in [-0.1, -0.05) is 96.5 Å². The number of phenolic OH excluding ortho intramolecular Hbond substituents is 2. The molecular weight excluding hydrogens is 364 g/mol. The Morgan fingerprint density at radius 3 is 1.76 bits per heavy atom. The van der Waals surface area contributed by atoms with E-state index in [9.17, 15) is 15.0 Å². The number of esters is 1. The lowest BCUT2D eigenvalue weighted by Gasteiger charge is -2.12. The molecule has 1 rings (SSSR count). The van der Waals surface area contributed by atoms with Crippen molar-refractivity contribution in [2.24, 2.45) is 0 Å². The van der Waals surface area contributed by atoms with E-state index in [0.29, 0.717) is 12.2 Å². The maximum atomic E-state index is 12.1. The predicted octanol–water partition coefficient (Wildman–Crippen LogP) is 7.23. The molecule has 0 amide bonds. The van der Waals surface area contributed by atoms with Crippen LogP contribution in [0.1, 0.15) is 115 Å². The molecule has 0 spiro atoms. The van der Waals surface area contributed by atoms with Crippen LogP contribution in [-0.2, 0) is 9.53 Å². The second kappa shape index (κ2) is 16.1. The first kappa shape index (κ1) is 25.3. The minimum Gasteiger partial charge on any atom is -0.504 e. The van der Waals surface area contributed by atoms with Gasteiger partial charge in [-0.2, -0.15) is 0 Å². The van der Waals surface area contributed by atoms with Crippen molar-refractivity contribution in [1.29, 1.82) is 0 Å². The van der Waals surface area contributed by atoms with Gasteiger partial charge in [0.2, 0.25) is 0 Å². The molecule has 2 N–H and O–H groups in total. The highest BCUT2D eigenvalue weighted by Crippen LogP contribution is 2.29. The first-order valence-electron chi connectivity index (χ1n) is 11.7. The van der Waals surface area contributed by atoms with E-state index in [1.54, 1.807) is 13.0 Å². The Bertz CT molecular complexity index is 556. The topological polar surface area (TPSA) is 66.8 Å². The SMILES string of the molecule is CCCCCCCCCCCCCCCCOC(=O)C(C)c1ccc(O)c(O)c1. The van der Waals surface area contributed by atoms with E-state index in [2.05, 4.69) is 6.92 Å². The molecule has 0 saturated heterocycles. The van der Waals surface area contributed by atoms with E-state index in [4.69, 9.17) is 4.74 Å². The molecular formula is C25H42O4. The van der Waals surface area contributed by atoms with Gasteiger partial charge >= 0.3 is 5.97 Å². The van der Waals surface area contributed by atoms with Crippen LogP contribution in [0.5, 0.6) is 11.5 Å². The minimum absolute atomic E-state index is 0.184. The maximum Gasteiger partial charge on any atom is 0.313 e. The molecule has 0 aliphatic heterocycles. The van der Waals surface area contributed by atoms with Gasteiger partial charge in [-0.3, -0.25) is 4.79 Å². The van der Waals surface area contributed by atoms with E-state index >= 15 is 0 Å². The summed E-state index contributed by atoms with van der Waals surface area (Å²) in [5, 5.41) is 18.9. The number of phenols is 2. The average molecular weight is 407 g/mol. The third-order valence-corrected chi connectivity index (χ3v) is 5.60. The number of ether oxygens (including phenoxy) is 1. The molecule has 166 valence electrons. The molecule has 1 unspecified atom stereocenters. The van der Waals surface area contributed by atoms with Gasteiger partial charge in [0.1, 0.15) is 0 Å². The number of carbonyl (C=O) groups excluding carboxylic acids is 1. The molecule has 4 heteroatoms. The number of hydrogen-bond acceptors (Lipinski definition) is 4. The molecule has 0 saturated carbocycles. The zero-order chi connectivity index (χ0) is 21.3. The zero-order valence-electron chi connectivity index (χ0n) is 18.6. The number of rotatable bonds is 17. The van der Waals surface area contributed by atoms with Crippen LogP contribution in [0.4, 0.5) is 0 Å². The molecule has 0 aliphatic carbocycles. The summed E-state index contributed by atoms with van der Waals surface area (Å²) >= 11 is 0. The van der Waals surface area contributed by atoms with Crippen LogP contribution in [0.25, 0.3) is 0 Å². The number of hydrogen-bond donors (Lipinski definition) is 2. The molecule has 0 radical (unpaired) electrons. The van der Waals surface area contributed by atoms with Gasteiger partial charge in [0.25, 0.3) is 0 Å². The number of carbonyl (C=O) groups is 1. The lowest BCUT2D eigenvalue weighted by atomic mass is 10.0. The molecule has 1 aromatic rings. The van der Waals surface area contributed by atoms with Gasteiger partial charge in [-0.05, 0) is 31.0 Å². The van der Waals surface area contributed by atoms with Crippen LogP contribution < -0.4 is 0 Å². The van der Waals surface area contributed by atoms with E-state index in [0.717, 1.165) is 12.8 Å².